The van der Waals surface area contributed by atoms with Gasteiger partial charge in [0.05, 0.1) is 18.7 Å². The zero-order valence-corrected chi connectivity index (χ0v) is 12.3. The summed E-state index contributed by atoms with van der Waals surface area (Å²) >= 11 is 0. The van der Waals surface area contributed by atoms with E-state index in [4.69, 9.17) is 10.5 Å². The summed E-state index contributed by atoms with van der Waals surface area (Å²) in [4.78, 5) is 0. The van der Waals surface area contributed by atoms with Gasteiger partial charge in [-0.2, -0.15) is 0 Å². The maximum atomic E-state index is 6.08. The molecule has 0 atom stereocenters. The van der Waals surface area contributed by atoms with Crippen LogP contribution in [0, 0.1) is 17.8 Å². The van der Waals surface area contributed by atoms with Crippen LogP contribution in [-0.4, -0.2) is 13.2 Å². The van der Waals surface area contributed by atoms with E-state index in [-0.39, 0.29) is 0 Å². The molecule has 0 bridgehead atoms. The van der Waals surface area contributed by atoms with Gasteiger partial charge in [0.1, 0.15) is 5.75 Å². The second-order valence-electron chi connectivity index (χ2n) is 5.63. The third kappa shape index (κ3) is 3.20. The zero-order valence-electron chi connectivity index (χ0n) is 12.3. The van der Waals surface area contributed by atoms with Crippen LogP contribution < -0.4 is 10.5 Å². The van der Waals surface area contributed by atoms with Gasteiger partial charge >= 0.3 is 0 Å². The van der Waals surface area contributed by atoms with Crippen molar-refractivity contribution < 1.29 is 4.74 Å². The van der Waals surface area contributed by atoms with Gasteiger partial charge in [0.2, 0.25) is 0 Å². The lowest BCUT2D eigenvalue weighted by Gasteiger charge is -2.14. The Bertz CT molecular complexity index is 675. The van der Waals surface area contributed by atoms with Crippen LogP contribution in [0.25, 0.3) is 10.8 Å². The molecule has 1 aliphatic rings. The van der Waals surface area contributed by atoms with E-state index >= 15 is 0 Å². The summed E-state index contributed by atoms with van der Waals surface area (Å²) in [6, 6.07) is 12.4. The van der Waals surface area contributed by atoms with Gasteiger partial charge in [0.25, 0.3) is 0 Å². The van der Waals surface area contributed by atoms with Crippen LogP contribution in [0.3, 0.4) is 0 Å². The zero-order chi connectivity index (χ0) is 14.5. The molecule has 21 heavy (non-hydrogen) atoms. The molecule has 0 spiro atoms. The van der Waals surface area contributed by atoms with Crippen molar-refractivity contribution in [2.75, 3.05) is 13.2 Å². The van der Waals surface area contributed by atoms with E-state index in [2.05, 4.69) is 30.0 Å². The molecule has 3 rings (SSSR count). The Kier molecular flexibility index (Phi) is 4.43. The molecule has 0 amide bonds. The van der Waals surface area contributed by atoms with Crippen molar-refractivity contribution in [1.82, 2.24) is 0 Å². The Hall–Kier alpha value is -1.98. The molecule has 2 aromatic rings. The van der Waals surface area contributed by atoms with Crippen LogP contribution in [0.15, 0.2) is 36.4 Å². The third-order valence-electron chi connectivity index (χ3n) is 4.16. The molecule has 2 N–H and O–H groups in total. The molecule has 2 aromatic carbocycles. The highest BCUT2D eigenvalue weighted by Gasteiger charge is 2.16. The Morgan fingerprint density at radius 3 is 2.71 bits per heavy atom. The van der Waals surface area contributed by atoms with E-state index in [1.807, 2.05) is 18.2 Å². The van der Waals surface area contributed by atoms with E-state index < -0.39 is 0 Å². The largest absolute Gasteiger partial charge is 0.492 e. The van der Waals surface area contributed by atoms with E-state index in [1.165, 1.54) is 31.1 Å². The maximum absolute atomic E-state index is 6.08. The predicted molar refractivity (Wildman–Crippen MR) is 87.3 cm³/mol. The topological polar surface area (TPSA) is 35.2 Å². The van der Waals surface area contributed by atoms with E-state index in [1.54, 1.807) is 0 Å². The normalized spacial score (nSPS) is 14.9. The molecule has 0 saturated heterocycles. The molecular weight excluding hydrogens is 258 g/mol. The van der Waals surface area contributed by atoms with E-state index in [0.29, 0.717) is 12.5 Å². The molecule has 2 heteroatoms. The van der Waals surface area contributed by atoms with Gasteiger partial charge in [0, 0.05) is 5.39 Å². The first kappa shape index (κ1) is 14.0. The standard InChI is InChI=1S/C19H21NO/c20-13-5-10-18-17-9-4-3-8-16(17)11-12-19(18)21-14-15-6-1-2-7-15/h3-4,8-9,11-12,15H,1-2,6-7,13-14,20H2. The summed E-state index contributed by atoms with van der Waals surface area (Å²) in [7, 11) is 0. The van der Waals surface area contributed by atoms with Gasteiger partial charge in [-0.3, -0.25) is 0 Å². The molecule has 108 valence electrons. The molecule has 1 fully saturated rings. The molecule has 0 aromatic heterocycles. The number of nitrogens with two attached hydrogens (primary N) is 1. The lowest BCUT2D eigenvalue weighted by Crippen LogP contribution is -2.09. The van der Waals surface area contributed by atoms with Crippen molar-refractivity contribution in [2.24, 2.45) is 11.7 Å². The number of hydrogen-bond acceptors (Lipinski definition) is 2. The number of benzene rings is 2. The molecular formula is C19H21NO. The second kappa shape index (κ2) is 6.65. The molecule has 0 heterocycles. The minimum atomic E-state index is 0.366. The van der Waals surface area contributed by atoms with E-state index in [0.717, 1.165) is 23.3 Å². The Morgan fingerprint density at radius 2 is 1.90 bits per heavy atom. The first-order valence-electron chi connectivity index (χ1n) is 7.72. The average Bonchev–Trinajstić information content (AvgIpc) is 3.04. The van der Waals surface area contributed by atoms with Gasteiger partial charge in [-0.25, -0.2) is 0 Å². The lowest BCUT2D eigenvalue weighted by atomic mass is 10.0. The third-order valence-corrected chi connectivity index (χ3v) is 4.16. The molecule has 0 unspecified atom stereocenters. The smallest absolute Gasteiger partial charge is 0.135 e. The maximum Gasteiger partial charge on any atom is 0.135 e. The fraction of sp³-hybridized carbons (Fsp3) is 0.368. The highest BCUT2D eigenvalue weighted by Crippen LogP contribution is 2.30. The molecule has 1 aliphatic carbocycles. The number of ether oxygens (including phenoxy) is 1. The summed E-state index contributed by atoms with van der Waals surface area (Å²) in [6.07, 6.45) is 5.26. The van der Waals surface area contributed by atoms with Crippen LogP contribution in [0.2, 0.25) is 0 Å². The van der Waals surface area contributed by atoms with Crippen LogP contribution in [0.1, 0.15) is 31.2 Å². The van der Waals surface area contributed by atoms with Crippen LogP contribution in [0.4, 0.5) is 0 Å². The number of rotatable bonds is 3. The monoisotopic (exact) mass is 279 g/mol. The van der Waals surface area contributed by atoms with Gasteiger partial charge in [-0.15, -0.1) is 0 Å². The minimum absolute atomic E-state index is 0.366. The van der Waals surface area contributed by atoms with Crippen molar-refractivity contribution in [3.05, 3.63) is 42.0 Å². The Labute approximate surface area is 126 Å². The number of hydrogen-bond donors (Lipinski definition) is 1. The Balaban J connectivity index is 1.92. The van der Waals surface area contributed by atoms with Crippen molar-refractivity contribution in [2.45, 2.75) is 25.7 Å². The highest BCUT2D eigenvalue weighted by atomic mass is 16.5. The average molecular weight is 279 g/mol. The van der Waals surface area contributed by atoms with Crippen molar-refractivity contribution in [3.63, 3.8) is 0 Å². The molecule has 0 radical (unpaired) electrons. The first-order chi connectivity index (χ1) is 10.4. The second-order valence-corrected chi connectivity index (χ2v) is 5.63. The first-order valence-corrected chi connectivity index (χ1v) is 7.72. The summed E-state index contributed by atoms with van der Waals surface area (Å²) in [6.45, 7) is 1.17. The van der Waals surface area contributed by atoms with Gasteiger partial charge in [-0.1, -0.05) is 55.0 Å². The van der Waals surface area contributed by atoms with Crippen LogP contribution >= 0.6 is 0 Å². The van der Waals surface area contributed by atoms with Crippen molar-refractivity contribution in [3.8, 4) is 17.6 Å². The quantitative estimate of drug-likeness (QED) is 0.869. The summed E-state index contributed by atoms with van der Waals surface area (Å²) in [5.74, 6) is 7.75. The summed E-state index contributed by atoms with van der Waals surface area (Å²) in [5.41, 5.74) is 6.50. The highest BCUT2D eigenvalue weighted by molar-refractivity contribution is 5.90. The van der Waals surface area contributed by atoms with Crippen LogP contribution in [0.5, 0.6) is 5.75 Å². The molecule has 0 aliphatic heterocycles. The lowest BCUT2D eigenvalue weighted by molar-refractivity contribution is 0.252. The van der Waals surface area contributed by atoms with Gasteiger partial charge < -0.3 is 10.5 Å². The summed E-state index contributed by atoms with van der Waals surface area (Å²) in [5, 5.41) is 2.33. The fourth-order valence-electron chi connectivity index (χ4n) is 3.02. The SMILES string of the molecule is NCC#Cc1c(OCC2CCCC2)ccc2ccccc12. The molecule has 1 saturated carbocycles. The Morgan fingerprint density at radius 1 is 1.10 bits per heavy atom. The van der Waals surface area contributed by atoms with Crippen LogP contribution in [-0.2, 0) is 0 Å². The van der Waals surface area contributed by atoms with Crippen molar-refractivity contribution >= 4 is 10.8 Å². The summed E-state index contributed by atoms with van der Waals surface area (Å²) < 4.78 is 6.08. The van der Waals surface area contributed by atoms with Gasteiger partial charge in [0.15, 0.2) is 0 Å². The van der Waals surface area contributed by atoms with E-state index in [9.17, 15) is 0 Å². The predicted octanol–water partition coefficient (Wildman–Crippen LogP) is 3.72. The molecule has 2 nitrogen and oxygen atoms in total. The fourth-order valence-corrected chi connectivity index (χ4v) is 3.02. The van der Waals surface area contributed by atoms with Crippen molar-refractivity contribution in [1.29, 1.82) is 0 Å². The minimum Gasteiger partial charge on any atom is -0.492 e. The number of fused-ring (bicyclic) bond motifs is 1. The van der Waals surface area contributed by atoms with Gasteiger partial charge in [-0.05, 0) is 30.2 Å².